The fourth-order valence-corrected chi connectivity index (χ4v) is 1.67. The molecule has 4 heteroatoms. The minimum absolute atomic E-state index is 0.0314. The highest BCUT2D eigenvalue weighted by Crippen LogP contribution is 2.28. The molecule has 0 bridgehead atoms. The maximum atomic E-state index is 12.0. The molecule has 0 saturated heterocycles. The average molecular weight is 208 g/mol. The van der Waals surface area contributed by atoms with Gasteiger partial charge < -0.3 is 15.1 Å². The van der Waals surface area contributed by atoms with Gasteiger partial charge in [0.2, 0.25) is 0 Å². The molecular weight excluding hydrogens is 192 g/mol. The predicted molar refractivity (Wildman–Crippen MR) is 56.6 cm³/mol. The van der Waals surface area contributed by atoms with Crippen molar-refractivity contribution in [2.24, 2.45) is 5.73 Å². The van der Waals surface area contributed by atoms with Gasteiger partial charge in [-0.2, -0.15) is 0 Å². The van der Waals surface area contributed by atoms with Crippen LogP contribution in [0.25, 0.3) is 0 Å². The molecule has 1 aliphatic carbocycles. The van der Waals surface area contributed by atoms with Crippen molar-refractivity contribution in [3.63, 3.8) is 0 Å². The van der Waals surface area contributed by atoms with Gasteiger partial charge >= 0.3 is 0 Å². The monoisotopic (exact) mass is 208 g/mol. The van der Waals surface area contributed by atoms with Crippen LogP contribution in [0.5, 0.6) is 0 Å². The van der Waals surface area contributed by atoms with E-state index in [1.54, 1.807) is 12.1 Å². The number of rotatable bonds is 4. The third-order valence-electron chi connectivity index (χ3n) is 2.57. The van der Waals surface area contributed by atoms with Crippen molar-refractivity contribution >= 4 is 5.91 Å². The Balaban J connectivity index is 2.10. The number of nitrogens with zero attached hydrogens (tertiary/aromatic N) is 1. The first kappa shape index (κ1) is 10.2. The molecular formula is C11H16N2O2. The summed E-state index contributed by atoms with van der Waals surface area (Å²) < 4.78 is 5.32. The van der Waals surface area contributed by atoms with Gasteiger partial charge in [0.25, 0.3) is 5.91 Å². The molecule has 2 rings (SSSR count). The van der Waals surface area contributed by atoms with Gasteiger partial charge in [0.15, 0.2) is 5.76 Å². The number of amides is 1. The Kier molecular flexibility index (Phi) is 2.77. The molecule has 0 atom stereocenters. The maximum absolute atomic E-state index is 12.0. The highest BCUT2D eigenvalue weighted by molar-refractivity contribution is 5.92. The van der Waals surface area contributed by atoms with E-state index in [2.05, 4.69) is 0 Å². The summed E-state index contributed by atoms with van der Waals surface area (Å²) in [5.74, 6) is 1.16. The molecule has 0 unspecified atom stereocenters. The van der Waals surface area contributed by atoms with Crippen molar-refractivity contribution in [2.45, 2.75) is 25.8 Å². The van der Waals surface area contributed by atoms with Crippen molar-refractivity contribution in [2.75, 3.05) is 13.1 Å². The maximum Gasteiger partial charge on any atom is 0.289 e. The summed E-state index contributed by atoms with van der Waals surface area (Å²) in [6, 6.07) is 3.91. The molecule has 1 heterocycles. The van der Waals surface area contributed by atoms with Crippen LogP contribution in [0.4, 0.5) is 0 Å². The molecule has 1 aromatic heterocycles. The Hall–Kier alpha value is -1.29. The number of aryl methyl sites for hydroxylation is 1. The zero-order chi connectivity index (χ0) is 10.8. The topological polar surface area (TPSA) is 59.5 Å². The van der Waals surface area contributed by atoms with Crippen LogP contribution in [0.3, 0.4) is 0 Å². The molecule has 4 nitrogen and oxygen atoms in total. The molecule has 1 aliphatic rings. The van der Waals surface area contributed by atoms with Gasteiger partial charge in [0.05, 0.1) is 0 Å². The van der Waals surface area contributed by atoms with Gasteiger partial charge in [-0.1, -0.05) is 0 Å². The van der Waals surface area contributed by atoms with E-state index in [0.717, 1.165) is 18.6 Å². The minimum atomic E-state index is -0.0314. The molecule has 15 heavy (non-hydrogen) atoms. The van der Waals surface area contributed by atoms with Crippen molar-refractivity contribution in [3.8, 4) is 0 Å². The molecule has 1 aromatic rings. The zero-order valence-electron chi connectivity index (χ0n) is 8.90. The van der Waals surface area contributed by atoms with E-state index >= 15 is 0 Å². The normalized spacial score (nSPS) is 15.3. The first-order valence-corrected chi connectivity index (χ1v) is 5.30. The summed E-state index contributed by atoms with van der Waals surface area (Å²) in [7, 11) is 0. The molecule has 0 aliphatic heterocycles. The first-order chi connectivity index (χ1) is 7.22. The quantitative estimate of drug-likeness (QED) is 0.807. The van der Waals surface area contributed by atoms with E-state index < -0.39 is 0 Å². The van der Waals surface area contributed by atoms with Crippen LogP contribution in [0, 0.1) is 6.92 Å². The second-order valence-corrected chi connectivity index (χ2v) is 3.93. The highest BCUT2D eigenvalue weighted by atomic mass is 16.3. The lowest BCUT2D eigenvalue weighted by atomic mass is 10.3. The van der Waals surface area contributed by atoms with Gasteiger partial charge in [0, 0.05) is 19.1 Å². The predicted octanol–water partition coefficient (Wildman–Crippen LogP) is 1.15. The van der Waals surface area contributed by atoms with Crippen LogP contribution in [-0.4, -0.2) is 29.9 Å². The zero-order valence-corrected chi connectivity index (χ0v) is 8.90. The molecule has 2 N–H and O–H groups in total. The molecule has 1 fully saturated rings. The first-order valence-electron chi connectivity index (χ1n) is 5.30. The summed E-state index contributed by atoms with van der Waals surface area (Å²) in [5.41, 5.74) is 5.49. The molecule has 0 radical (unpaired) electrons. The summed E-state index contributed by atoms with van der Waals surface area (Å²) in [5, 5.41) is 0. The molecule has 1 amide bonds. The Morgan fingerprint density at radius 3 is 2.80 bits per heavy atom. The van der Waals surface area contributed by atoms with Crippen molar-refractivity contribution in [3.05, 3.63) is 23.7 Å². The van der Waals surface area contributed by atoms with Gasteiger partial charge in [-0.15, -0.1) is 0 Å². The van der Waals surface area contributed by atoms with Gasteiger partial charge in [-0.3, -0.25) is 4.79 Å². The number of furan rings is 1. The van der Waals surface area contributed by atoms with Gasteiger partial charge in [0.1, 0.15) is 5.76 Å². The third kappa shape index (κ3) is 2.21. The fourth-order valence-electron chi connectivity index (χ4n) is 1.67. The number of carbonyl (C=O) groups is 1. The second-order valence-electron chi connectivity index (χ2n) is 3.93. The van der Waals surface area contributed by atoms with E-state index in [1.807, 2.05) is 11.8 Å². The van der Waals surface area contributed by atoms with Crippen LogP contribution in [0.1, 0.15) is 29.2 Å². The van der Waals surface area contributed by atoms with E-state index in [4.69, 9.17) is 10.2 Å². The standard InChI is InChI=1S/C11H16N2O2/c1-8-2-5-10(15-8)11(14)13(7-6-12)9-3-4-9/h2,5,9H,3-4,6-7,12H2,1H3. The van der Waals surface area contributed by atoms with Crippen LogP contribution >= 0.6 is 0 Å². The smallest absolute Gasteiger partial charge is 0.289 e. The summed E-state index contributed by atoms with van der Waals surface area (Å²) in [4.78, 5) is 13.8. The van der Waals surface area contributed by atoms with Crippen molar-refractivity contribution < 1.29 is 9.21 Å². The second kappa shape index (κ2) is 4.06. The van der Waals surface area contributed by atoms with Crippen molar-refractivity contribution in [1.82, 2.24) is 4.90 Å². The average Bonchev–Trinajstić information content (AvgIpc) is 2.96. The third-order valence-corrected chi connectivity index (χ3v) is 2.57. The lowest BCUT2D eigenvalue weighted by molar-refractivity contribution is 0.0714. The van der Waals surface area contributed by atoms with Gasteiger partial charge in [-0.25, -0.2) is 0 Å². The van der Waals surface area contributed by atoms with Crippen LogP contribution in [-0.2, 0) is 0 Å². The van der Waals surface area contributed by atoms with E-state index in [0.29, 0.717) is 24.9 Å². The van der Waals surface area contributed by atoms with Crippen LogP contribution in [0.15, 0.2) is 16.5 Å². The summed E-state index contributed by atoms with van der Waals surface area (Å²) in [6.07, 6.45) is 2.18. The van der Waals surface area contributed by atoms with E-state index in [1.165, 1.54) is 0 Å². The van der Waals surface area contributed by atoms with E-state index in [9.17, 15) is 4.79 Å². The number of nitrogens with two attached hydrogens (primary N) is 1. The van der Waals surface area contributed by atoms with E-state index in [-0.39, 0.29) is 5.91 Å². The SMILES string of the molecule is Cc1ccc(C(=O)N(CCN)C2CC2)o1. The molecule has 1 saturated carbocycles. The minimum Gasteiger partial charge on any atom is -0.456 e. The summed E-state index contributed by atoms with van der Waals surface area (Å²) >= 11 is 0. The Morgan fingerprint density at radius 1 is 1.60 bits per heavy atom. The largest absolute Gasteiger partial charge is 0.456 e. The van der Waals surface area contributed by atoms with Crippen LogP contribution < -0.4 is 5.73 Å². The molecule has 0 aromatic carbocycles. The van der Waals surface area contributed by atoms with Gasteiger partial charge in [-0.05, 0) is 31.9 Å². The lowest BCUT2D eigenvalue weighted by Gasteiger charge is -2.20. The number of hydrogen-bond donors (Lipinski definition) is 1. The lowest BCUT2D eigenvalue weighted by Crippen LogP contribution is -2.36. The molecule has 0 spiro atoms. The number of hydrogen-bond acceptors (Lipinski definition) is 3. The Morgan fingerprint density at radius 2 is 2.33 bits per heavy atom. The fraction of sp³-hybridized carbons (Fsp3) is 0.545. The van der Waals surface area contributed by atoms with Crippen LogP contribution in [0.2, 0.25) is 0 Å². The summed E-state index contributed by atoms with van der Waals surface area (Å²) in [6.45, 7) is 2.95. The Bertz CT molecular complexity index is 355. The number of carbonyl (C=O) groups excluding carboxylic acids is 1. The molecule has 82 valence electrons. The highest BCUT2D eigenvalue weighted by Gasteiger charge is 2.33. The van der Waals surface area contributed by atoms with Crippen molar-refractivity contribution in [1.29, 1.82) is 0 Å². The Labute approximate surface area is 89.0 Å².